The summed E-state index contributed by atoms with van der Waals surface area (Å²) in [5, 5.41) is 19.1. The first kappa shape index (κ1) is 22.9. The third-order valence-electron chi connectivity index (χ3n) is 6.58. The number of piperazine rings is 1. The van der Waals surface area contributed by atoms with Crippen LogP contribution in [0.15, 0.2) is 48.5 Å². The number of nitrogens with zero attached hydrogens (tertiary/aromatic N) is 2. The molecule has 7 nitrogen and oxygen atoms in total. The predicted molar refractivity (Wildman–Crippen MR) is 125 cm³/mol. The van der Waals surface area contributed by atoms with Crippen molar-refractivity contribution < 1.29 is 19.8 Å². The zero-order valence-corrected chi connectivity index (χ0v) is 18.8. The highest BCUT2D eigenvalue weighted by atomic mass is 16.5. The molecule has 7 heteroatoms. The Labute approximate surface area is 190 Å². The normalized spacial score (nSPS) is 21.0. The van der Waals surface area contributed by atoms with E-state index in [-0.39, 0.29) is 12.1 Å². The van der Waals surface area contributed by atoms with Gasteiger partial charge in [-0.05, 0) is 49.8 Å². The maximum Gasteiger partial charge on any atom is 0.163 e. The topological polar surface area (TPSA) is 77.4 Å². The highest BCUT2D eigenvalue weighted by Crippen LogP contribution is 2.35. The Morgan fingerprint density at radius 1 is 1.06 bits per heavy atom. The average Bonchev–Trinajstić information content (AvgIpc) is 3.34. The molecule has 0 aromatic heterocycles. The van der Waals surface area contributed by atoms with Crippen molar-refractivity contribution in [3.8, 4) is 11.5 Å². The van der Waals surface area contributed by atoms with E-state index < -0.39 is 6.23 Å². The van der Waals surface area contributed by atoms with Crippen molar-refractivity contribution in [3.05, 3.63) is 54.1 Å². The second-order valence-electron chi connectivity index (χ2n) is 8.79. The lowest BCUT2D eigenvalue weighted by Crippen LogP contribution is -2.57. The molecule has 2 unspecified atom stereocenters. The molecule has 1 heterocycles. The summed E-state index contributed by atoms with van der Waals surface area (Å²) in [6.45, 7) is 2.82. The Morgan fingerprint density at radius 2 is 1.84 bits per heavy atom. The molecule has 1 aliphatic carbocycles. The van der Waals surface area contributed by atoms with Crippen LogP contribution in [0, 0.1) is 0 Å². The van der Waals surface area contributed by atoms with E-state index in [1.54, 1.807) is 7.11 Å². The Bertz CT molecular complexity index is 844. The zero-order chi connectivity index (χ0) is 22.3. The molecule has 2 atom stereocenters. The molecule has 174 valence electrons. The fourth-order valence-corrected chi connectivity index (χ4v) is 4.85. The Kier molecular flexibility index (Phi) is 7.86. The maximum absolute atomic E-state index is 9.96. The molecule has 1 aliphatic heterocycles. The minimum Gasteiger partial charge on any atom is -0.493 e. The third-order valence-corrected chi connectivity index (χ3v) is 6.58. The largest absolute Gasteiger partial charge is 0.493 e. The summed E-state index contributed by atoms with van der Waals surface area (Å²) >= 11 is 0. The second-order valence-corrected chi connectivity index (χ2v) is 8.79. The highest BCUT2D eigenvalue weighted by molar-refractivity contribution is 5.57. The molecular formula is C25H35N3O4. The molecule has 0 radical (unpaired) electrons. The number of hydrogen-bond donors (Lipinski definition) is 3. The molecule has 0 amide bonds. The number of β-amino-alcohol motifs (C(OH)–C–C–N with tert-alkyl or cyclic N) is 1. The average molecular weight is 442 g/mol. The number of benzene rings is 2. The maximum atomic E-state index is 9.96. The Balaban J connectivity index is 1.51. The summed E-state index contributed by atoms with van der Waals surface area (Å²) in [5.74, 6) is 1.59. The van der Waals surface area contributed by atoms with Crippen LogP contribution in [0.4, 0.5) is 5.69 Å². The van der Waals surface area contributed by atoms with Crippen LogP contribution < -0.4 is 19.9 Å². The summed E-state index contributed by atoms with van der Waals surface area (Å²) in [4.78, 5) is 4.63. The molecule has 2 fully saturated rings. The summed E-state index contributed by atoms with van der Waals surface area (Å²) in [7, 11) is 1.69. The van der Waals surface area contributed by atoms with E-state index in [0.29, 0.717) is 6.54 Å². The first-order valence-corrected chi connectivity index (χ1v) is 11.6. The minimum absolute atomic E-state index is 0.204. The lowest BCUT2D eigenvalue weighted by Gasteiger charge is -2.43. The molecule has 2 aliphatic rings. The smallest absolute Gasteiger partial charge is 0.163 e. The van der Waals surface area contributed by atoms with Gasteiger partial charge in [0.25, 0.3) is 0 Å². The monoisotopic (exact) mass is 441 g/mol. The molecule has 32 heavy (non-hydrogen) atoms. The molecule has 2 aromatic carbocycles. The summed E-state index contributed by atoms with van der Waals surface area (Å²) < 4.78 is 11.9. The van der Waals surface area contributed by atoms with Gasteiger partial charge in [0, 0.05) is 44.0 Å². The van der Waals surface area contributed by atoms with Gasteiger partial charge in [0.2, 0.25) is 0 Å². The van der Waals surface area contributed by atoms with Gasteiger partial charge >= 0.3 is 0 Å². The van der Waals surface area contributed by atoms with Crippen LogP contribution in [-0.4, -0.2) is 66.9 Å². The lowest BCUT2D eigenvalue weighted by molar-refractivity contribution is -0.0271. The van der Waals surface area contributed by atoms with Crippen molar-refractivity contribution in [2.45, 2.75) is 50.5 Å². The molecule has 1 saturated heterocycles. The van der Waals surface area contributed by atoms with E-state index in [0.717, 1.165) is 56.1 Å². The van der Waals surface area contributed by atoms with Crippen LogP contribution in [0.25, 0.3) is 0 Å². The second kappa shape index (κ2) is 11.0. The van der Waals surface area contributed by atoms with Gasteiger partial charge in [-0.25, -0.2) is 0 Å². The van der Waals surface area contributed by atoms with Crippen LogP contribution in [-0.2, 0) is 6.42 Å². The van der Waals surface area contributed by atoms with E-state index in [4.69, 9.17) is 14.7 Å². The zero-order valence-electron chi connectivity index (χ0n) is 18.8. The number of nitrogens with one attached hydrogen (secondary N) is 1. The summed E-state index contributed by atoms with van der Waals surface area (Å²) in [5.41, 5.74) is 4.35. The first-order valence-electron chi connectivity index (χ1n) is 11.6. The lowest BCUT2D eigenvalue weighted by atomic mass is 10.0. The Hall–Kier alpha value is -2.32. The minimum atomic E-state index is -0.966. The fourth-order valence-electron chi connectivity index (χ4n) is 4.85. The number of rotatable bonds is 9. The van der Waals surface area contributed by atoms with Crippen LogP contribution in [0.2, 0.25) is 0 Å². The fraction of sp³-hybridized carbons (Fsp3) is 0.520. The number of methoxy groups -OCH3 is 1. The van der Waals surface area contributed by atoms with Gasteiger partial charge in [-0.3, -0.25) is 4.90 Å². The van der Waals surface area contributed by atoms with E-state index in [1.807, 2.05) is 17.6 Å². The van der Waals surface area contributed by atoms with Crippen LogP contribution in [0.1, 0.15) is 31.2 Å². The van der Waals surface area contributed by atoms with Crippen molar-refractivity contribution >= 4 is 5.69 Å². The third kappa shape index (κ3) is 5.72. The number of ether oxygens (including phenoxy) is 2. The standard InChI is InChI=1S/C25H35N3O4/c1-31-23-12-11-20(16-24(23)32-22-9-5-6-10-22)27-13-14-28(18-25(29)26-30)21(17-27)15-19-7-3-2-4-8-19/h2-4,7-8,11-12,16,21-22,25-26,29-30H,5-6,9-10,13-15,17-18H2,1H3. The van der Waals surface area contributed by atoms with Crippen LogP contribution >= 0.6 is 0 Å². The van der Waals surface area contributed by atoms with Gasteiger partial charge in [0.1, 0.15) is 6.23 Å². The van der Waals surface area contributed by atoms with Crippen molar-refractivity contribution in [2.75, 3.05) is 38.2 Å². The Morgan fingerprint density at radius 3 is 2.56 bits per heavy atom. The molecule has 0 bridgehead atoms. The number of aliphatic hydroxyl groups is 1. The number of anilines is 1. The molecular weight excluding hydrogens is 406 g/mol. The molecule has 1 saturated carbocycles. The van der Waals surface area contributed by atoms with Gasteiger partial charge in [-0.1, -0.05) is 30.3 Å². The molecule has 2 aromatic rings. The van der Waals surface area contributed by atoms with Gasteiger partial charge in [0.15, 0.2) is 11.5 Å². The van der Waals surface area contributed by atoms with Crippen molar-refractivity contribution in [2.24, 2.45) is 0 Å². The summed E-state index contributed by atoms with van der Waals surface area (Å²) in [6, 6.07) is 16.8. The number of hydroxylamine groups is 1. The van der Waals surface area contributed by atoms with Gasteiger partial charge in [-0.2, -0.15) is 5.48 Å². The van der Waals surface area contributed by atoms with E-state index in [9.17, 15) is 5.11 Å². The van der Waals surface area contributed by atoms with E-state index >= 15 is 0 Å². The summed E-state index contributed by atoms with van der Waals surface area (Å²) in [6.07, 6.45) is 4.84. The molecule has 0 spiro atoms. The SMILES string of the molecule is COc1ccc(N2CCN(CC(O)NO)C(Cc3ccccc3)C2)cc1OC1CCCC1. The van der Waals surface area contributed by atoms with E-state index in [1.165, 1.54) is 18.4 Å². The van der Waals surface area contributed by atoms with Crippen molar-refractivity contribution in [3.63, 3.8) is 0 Å². The van der Waals surface area contributed by atoms with Crippen molar-refractivity contribution in [1.29, 1.82) is 0 Å². The van der Waals surface area contributed by atoms with Crippen LogP contribution in [0.3, 0.4) is 0 Å². The highest BCUT2D eigenvalue weighted by Gasteiger charge is 2.29. The molecule has 3 N–H and O–H groups in total. The van der Waals surface area contributed by atoms with Gasteiger partial charge in [-0.15, -0.1) is 0 Å². The molecule has 4 rings (SSSR count). The van der Waals surface area contributed by atoms with Gasteiger partial charge < -0.3 is 24.7 Å². The number of hydrogen-bond acceptors (Lipinski definition) is 7. The number of aliphatic hydroxyl groups excluding tert-OH is 1. The van der Waals surface area contributed by atoms with Crippen molar-refractivity contribution in [1.82, 2.24) is 10.4 Å². The van der Waals surface area contributed by atoms with Crippen LogP contribution in [0.5, 0.6) is 11.5 Å². The quantitative estimate of drug-likeness (QED) is 0.408. The first-order chi connectivity index (χ1) is 15.7. The predicted octanol–water partition coefficient (Wildman–Crippen LogP) is 3.05. The van der Waals surface area contributed by atoms with Gasteiger partial charge in [0.05, 0.1) is 13.2 Å². The van der Waals surface area contributed by atoms with E-state index in [2.05, 4.69) is 46.2 Å².